The van der Waals surface area contributed by atoms with Gasteiger partial charge in [-0.25, -0.2) is 9.97 Å². The Hall–Kier alpha value is -3.13. The summed E-state index contributed by atoms with van der Waals surface area (Å²) in [5.74, 6) is 0.0249. The van der Waals surface area contributed by atoms with Gasteiger partial charge in [0, 0.05) is 18.1 Å². The normalized spacial score (nSPS) is 11.1. The summed E-state index contributed by atoms with van der Waals surface area (Å²) >= 11 is 1.37. The fourth-order valence-electron chi connectivity index (χ4n) is 2.79. The van der Waals surface area contributed by atoms with Crippen LogP contribution in [0.4, 0.5) is 0 Å². The summed E-state index contributed by atoms with van der Waals surface area (Å²) < 4.78 is 8.02. The minimum atomic E-state index is -0.497. The third kappa shape index (κ3) is 3.43. The predicted octanol–water partition coefficient (Wildman–Crippen LogP) is 2.51. The van der Waals surface area contributed by atoms with Gasteiger partial charge in [0.05, 0.1) is 23.7 Å². The number of hydrogen-bond donors (Lipinski definition) is 0. The van der Waals surface area contributed by atoms with Crippen molar-refractivity contribution >= 4 is 34.3 Å². The second-order valence-electron chi connectivity index (χ2n) is 5.87. The maximum absolute atomic E-state index is 12.8. The summed E-state index contributed by atoms with van der Waals surface area (Å²) in [7, 11) is 1.30. The van der Waals surface area contributed by atoms with Gasteiger partial charge < -0.3 is 9.14 Å². The number of carbonyl (C=O) groups excluding carboxylic acids is 1. The maximum atomic E-state index is 12.8. The van der Waals surface area contributed by atoms with Crippen LogP contribution in [0.5, 0.6) is 0 Å². The molecule has 3 heterocycles. The summed E-state index contributed by atoms with van der Waals surface area (Å²) in [6.07, 6.45) is 3.87. The highest BCUT2D eigenvalue weighted by molar-refractivity contribution is 7.98. The molecule has 0 atom stereocenters. The number of benzene rings is 1. The van der Waals surface area contributed by atoms with Crippen LogP contribution >= 0.6 is 11.8 Å². The molecule has 0 aliphatic rings. The first-order valence-electron chi connectivity index (χ1n) is 8.27. The van der Waals surface area contributed by atoms with Crippen molar-refractivity contribution in [2.24, 2.45) is 0 Å². The molecule has 3 aromatic heterocycles. The Labute approximate surface area is 158 Å². The number of ether oxygens (including phenoxy) is 1. The lowest BCUT2D eigenvalue weighted by molar-refractivity contribution is -0.141. The molecule has 0 N–H and O–H groups in total. The number of aromatic nitrogens is 4. The molecule has 4 rings (SSSR count). The smallest absolute Gasteiger partial charge is 0.325 e. The van der Waals surface area contributed by atoms with Gasteiger partial charge in [-0.15, -0.1) is 0 Å². The van der Waals surface area contributed by atoms with Crippen molar-refractivity contribution in [2.45, 2.75) is 17.5 Å². The number of fused-ring (bicyclic) bond motifs is 2. The molecule has 8 heteroatoms. The highest BCUT2D eigenvalue weighted by Crippen LogP contribution is 2.22. The van der Waals surface area contributed by atoms with Crippen LogP contribution in [0.3, 0.4) is 0 Å². The minimum absolute atomic E-state index is 0.180. The van der Waals surface area contributed by atoms with Crippen molar-refractivity contribution in [3.8, 4) is 0 Å². The van der Waals surface area contributed by atoms with Crippen molar-refractivity contribution in [3.05, 3.63) is 70.9 Å². The van der Waals surface area contributed by atoms with Crippen LogP contribution in [0, 0.1) is 0 Å². The Balaban J connectivity index is 1.71. The Bertz CT molecular complexity index is 1170. The second-order valence-corrected chi connectivity index (χ2v) is 6.81. The molecule has 0 bridgehead atoms. The standard InChI is InChI=1S/C19H16N4O3S/c1-26-17(24)11-23-18(25)14-6-2-3-7-15(14)21-19(23)27-12-13-10-22-9-5-4-8-16(22)20-13/h2-10H,11-12H2,1H3. The van der Waals surface area contributed by atoms with Crippen LogP contribution in [0.25, 0.3) is 16.6 Å². The quantitative estimate of drug-likeness (QED) is 0.301. The molecule has 4 aromatic rings. The Morgan fingerprint density at radius 1 is 1.15 bits per heavy atom. The van der Waals surface area contributed by atoms with Crippen molar-refractivity contribution in [1.29, 1.82) is 0 Å². The van der Waals surface area contributed by atoms with E-state index in [0.29, 0.717) is 21.8 Å². The second kappa shape index (κ2) is 7.24. The average molecular weight is 380 g/mol. The molecule has 0 aliphatic carbocycles. The predicted molar refractivity (Wildman–Crippen MR) is 103 cm³/mol. The van der Waals surface area contributed by atoms with Gasteiger partial charge in [0.25, 0.3) is 5.56 Å². The van der Waals surface area contributed by atoms with Crippen LogP contribution in [0.15, 0.2) is 64.8 Å². The third-order valence-electron chi connectivity index (χ3n) is 4.10. The number of imidazole rings is 1. The van der Waals surface area contributed by atoms with Crippen LogP contribution in [0.1, 0.15) is 5.69 Å². The van der Waals surface area contributed by atoms with Crippen LogP contribution in [0.2, 0.25) is 0 Å². The molecule has 27 heavy (non-hydrogen) atoms. The number of para-hydroxylation sites is 1. The number of nitrogens with zero attached hydrogens (tertiary/aromatic N) is 4. The molecule has 0 saturated carbocycles. The average Bonchev–Trinajstić information content (AvgIpc) is 3.11. The first kappa shape index (κ1) is 17.3. The Morgan fingerprint density at radius 2 is 1.96 bits per heavy atom. The summed E-state index contributed by atoms with van der Waals surface area (Å²) in [5.41, 5.74) is 2.05. The number of pyridine rings is 1. The summed E-state index contributed by atoms with van der Waals surface area (Å²) in [6.45, 7) is -0.180. The van der Waals surface area contributed by atoms with Gasteiger partial charge in [0.2, 0.25) is 0 Å². The molecule has 0 spiro atoms. The molecule has 0 saturated heterocycles. The van der Waals surface area contributed by atoms with E-state index in [-0.39, 0.29) is 12.1 Å². The monoisotopic (exact) mass is 380 g/mol. The summed E-state index contributed by atoms with van der Waals surface area (Å²) in [5, 5.41) is 0.930. The molecular formula is C19H16N4O3S. The minimum Gasteiger partial charge on any atom is -0.468 e. The van der Waals surface area contributed by atoms with Gasteiger partial charge in [-0.3, -0.25) is 14.2 Å². The van der Waals surface area contributed by atoms with E-state index in [1.165, 1.54) is 23.4 Å². The van der Waals surface area contributed by atoms with E-state index in [4.69, 9.17) is 4.74 Å². The molecule has 7 nitrogen and oxygen atoms in total. The van der Waals surface area contributed by atoms with E-state index in [0.717, 1.165) is 11.3 Å². The summed E-state index contributed by atoms with van der Waals surface area (Å²) in [4.78, 5) is 33.7. The largest absolute Gasteiger partial charge is 0.468 e. The first-order chi connectivity index (χ1) is 13.2. The molecular weight excluding hydrogens is 364 g/mol. The van der Waals surface area contributed by atoms with E-state index in [1.54, 1.807) is 18.2 Å². The number of esters is 1. The zero-order chi connectivity index (χ0) is 18.8. The number of carbonyl (C=O) groups is 1. The first-order valence-corrected chi connectivity index (χ1v) is 9.26. The number of hydrogen-bond acceptors (Lipinski definition) is 6. The Kier molecular flexibility index (Phi) is 4.64. The zero-order valence-electron chi connectivity index (χ0n) is 14.5. The molecule has 0 amide bonds. The van der Waals surface area contributed by atoms with E-state index in [2.05, 4.69) is 9.97 Å². The van der Waals surface area contributed by atoms with E-state index < -0.39 is 5.97 Å². The molecule has 136 valence electrons. The van der Waals surface area contributed by atoms with Crippen LogP contribution in [-0.4, -0.2) is 32.0 Å². The lowest BCUT2D eigenvalue weighted by Crippen LogP contribution is -2.27. The number of methoxy groups -OCH3 is 1. The van der Waals surface area contributed by atoms with Gasteiger partial charge in [0.1, 0.15) is 12.2 Å². The van der Waals surface area contributed by atoms with Gasteiger partial charge >= 0.3 is 5.97 Å². The van der Waals surface area contributed by atoms with Gasteiger partial charge in [-0.1, -0.05) is 30.0 Å². The highest BCUT2D eigenvalue weighted by atomic mass is 32.2. The fourth-order valence-corrected chi connectivity index (χ4v) is 3.67. The number of thioether (sulfide) groups is 1. The van der Waals surface area contributed by atoms with Crippen molar-refractivity contribution in [3.63, 3.8) is 0 Å². The highest BCUT2D eigenvalue weighted by Gasteiger charge is 2.15. The fraction of sp³-hybridized carbons (Fsp3) is 0.158. The Morgan fingerprint density at radius 3 is 2.78 bits per heavy atom. The molecule has 0 radical (unpaired) electrons. The van der Waals surface area contributed by atoms with E-state index >= 15 is 0 Å². The molecule has 1 aromatic carbocycles. The lowest BCUT2D eigenvalue weighted by atomic mass is 10.2. The van der Waals surface area contributed by atoms with Crippen molar-refractivity contribution < 1.29 is 9.53 Å². The van der Waals surface area contributed by atoms with Gasteiger partial charge in [-0.05, 0) is 24.3 Å². The molecule has 0 unspecified atom stereocenters. The third-order valence-corrected chi connectivity index (χ3v) is 5.11. The maximum Gasteiger partial charge on any atom is 0.325 e. The van der Waals surface area contributed by atoms with Crippen LogP contribution in [-0.2, 0) is 21.8 Å². The van der Waals surface area contributed by atoms with Crippen molar-refractivity contribution in [1.82, 2.24) is 18.9 Å². The zero-order valence-corrected chi connectivity index (χ0v) is 15.3. The molecule has 0 fully saturated rings. The van der Waals surface area contributed by atoms with Crippen LogP contribution < -0.4 is 5.56 Å². The summed E-state index contributed by atoms with van der Waals surface area (Å²) in [6, 6.07) is 12.9. The SMILES string of the molecule is COC(=O)Cn1c(SCc2cn3ccccc3n2)nc2ccccc2c1=O. The van der Waals surface area contributed by atoms with E-state index in [1.807, 2.05) is 41.1 Å². The number of rotatable bonds is 5. The van der Waals surface area contributed by atoms with E-state index in [9.17, 15) is 9.59 Å². The lowest BCUT2D eigenvalue weighted by Gasteiger charge is -2.11. The molecule has 0 aliphatic heterocycles. The van der Waals surface area contributed by atoms with Gasteiger partial charge in [0.15, 0.2) is 5.16 Å². The van der Waals surface area contributed by atoms with Crippen molar-refractivity contribution in [2.75, 3.05) is 7.11 Å². The van der Waals surface area contributed by atoms with Gasteiger partial charge in [-0.2, -0.15) is 0 Å². The topological polar surface area (TPSA) is 78.5 Å².